The maximum atomic E-state index is 10.5. The summed E-state index contributed by atoms with van der Waals surface area (Å²) in [6, 6.07) is 4.71. The Morgan fingerprint density at radius 3 is 2.64 bits per heavy atom. The van der Waals surface area contributed by atoms with Crippen molar-refractivity contribution in [1.29, 1.82) is 0 Å². The molecule has 3 N–H and O–H groups in total. The summed E-state index contributed by atoms with van der Waals surface area (Å²) in [4.78, 5) is 10.5. The lowest BCUT2D eigenvalue weighted by atomic mass is 10.1. The Balaban J connectivity index is 2.82. The van der Waals surface area contributed by atoms with Crippen molar-refractivity contribution < 1.29 is 9.90 Å². The summed E-state index contributed by atoms with van der Waals surface area (Å²) in [6.45, 7) is 0. The van der Waals surface area contributed by atoms with Crippen molar-refractivity contribution >= 4 is 37.8 Å². The molecule has 0 amide bonds. The first-order valence-electron chi connectivity index (χ1n) is 3.93. The molecular weight excluding hydrogens is 314 g/mol. The van der Waals surface area contributed by atoms with Crippen LogP contribution in [0, 0.1) is 0 Å². The molecule has 0 unspecified atom stereocenters. The minimum Gasteiger partial charge on any atom is -0.480 e. The van der Waals surface area contributed by atoms with Crippen molar-refractivity contribution in [1.82, 2.24) is 0 Å². The molecule has 0 aliphatic rings. The molecule has 5 heteroatoms. The molecule has 1 atom stereocenters. The standard InChI is InChI=1S/C9H9Br2NO2/c10-6-2-1-5(7(11)4-6)3-8(12)9(13)14/h1-2,4,8H,3,12H2,(H,13,14)/t8-/m0/s1. The van der Waals surface area contributed by atoms with Crippen LogP contribution < -0.4 is 5.73 Å². The predicted octanol–water partition coefficient (Wildman–Crippen LogP) is 2.17. The van der Waals surface area contributed by atoms with Gasteiger partial charge in [0.25, 0.3) is 0 Å². The van der Waals surface area contributed by atoms with Gasteiger partial charge in [-0.3, -0.25) is 4.79 Å². The molecule has 1 aromatic carbocycles. The fourth-order valence-electron chi connectivity index (χ4n) is 1.01. The molecular formula is C9H9Br2NO2. The molecule has 1 aromatic rings. The van der Waals surface area contributed by atoms with Crippen LogP contribution in [0.3, 0.4) is 0 Å². The first-order valence-corrected chi connectivity index (χ1v) is 5.51. The van der Waals surface area contributed by atoms with Gasteiger partial charge in [-0.05, 0) is 24.1 Å². The van der Waals surface area contributed by atoms with Crippen LogP contribution in [0.25, 0.3) is 0 Å². The highest BCUT2D eigenvalue weighted by molar-refractivity contribution is 9.11. The molecule has 1 rings (SSSR count). The summed E-state index contributed by atoms with van der Waals surface area (Å²) in [5.41, 5.74) is 6.32. The lowest BCUT2D eigenvalue weighted by molar-refractivity contribution is -0.138. The smallest absolute Gasteiger partial charge is 0.320 e. The highest BCUT2D eigenvalue weighted by atomic mass is 79.9. The van der Waals surface area contributed by atoms with Crippen molar-refractivity contribution in [2.75, 3.05) is 0 Å². The fraction of sp³-hybridized carbons (Fsp3) is 0.222. The van der Waals surface area contributed by atoms with Gasteiger partial charge in [0.15, 0.2) is 0 Å². The van der Waals surface area contributed by atoms with Gasteiger partial charge in [0, 0.05) is 8.95 Å². The lowest BCUT2D eigenvalue weighted by Gasteiger charge is -2.08. The molecule has 14 heavy (non-hydrogen) atoms. The summed E-state index contributed by atoms with van der Waals surface area (Å²) in [6.07, 6.45) is 0.323. The van der Waals surface area contributed by atoms with E-state index in [1.54, 1.807) is 0 Å². The summed E-state index contributed by atoms with van der Waals surface area (Å²) in [5.74, 6) is -0.986. The zero-order valence-electron chi connectivity index (χ0n) is 7.21. The zero-order chi connectivity index (χ0) is 10.7. The molecule has 0 bridgehead atoms. The normalized spacial score (nSPS) is 12.5. The number of aliphatic carboxylic acids is 1. The first kappa shape index (κ1) is 11.7. The Morgan fingerprint density at radius 2 is 2.14 bits per heavy atom. The van der Waals surface area contributed by atoms with Gasteiger partial charge in [0.2, 0.25) is 0 Å². The average Bonchev–Trinajstić information content (AvgIpc) is 2.09. The van der Waals surface area contributed by atoms with Gasteiger partial charge >= 0.3 is 5.97 Å². The van der Waals surface area contributed by atoms with E-state index in [0.29, 0.717) is 6.42 Å². The van der Waals surface area contributed by atoms with E-state index >= 15 is 0 Å². The number of carboxylic acids is 1. The van der Waals surface area contributed by atoms with E-state index in [1.807, 2.05) is 18.2 Å². The van der Waals surface area contributed by atoms with Crippen LogP contribution >= 0.6 is 31.9 Å². The minimum atomic E-state index is -0.986. The fourth-order valence-corrected chi connectivity index (χ4v) is 2.22. The van der Waals surface area contributed by atoms with Crippen molar-refractivity contribution in [3.05, 3.63) is 32.7 Å². The monoisotopic (exact) mass is 321 g/mol. The molecule has 0 aliphatic carbocycles. The zero-order valence-corrected chi connectivity index (χ0v) is 10.4. The van der Waals surface area contributed by atoms with Crippen molar-refractivity contribution in [3.63, 3.8) is 0 Å². The van der Waals surface area contributed by atoms with Crippen LogP contribution in [-0.4, -0.2) is 17.1 Å². The van der Waals surface area contributed by atoms with Crippen molar-refractivity contribution in [2.24, 2.45) is 5.73 Å². The Kier molecular flexibility index (Phi) is 4.10. The van der Waals surface area contributed by atoms with Crippen LogP contribution in [0.2, 0.25) is 0 Å². The molecule has 76 valence electrons. The van der Waals surface area contributed by atoms with Crippen molar-refractivity contribution in [2.45, 2.75) is 12.5 Å². The number of nitrogens with two attached hydrogens (primary N) is 1. The van der Waals surface area contributed by atoms with E-state index in [0.717, 1.165) is 14.5 Å². The van der Waals surface area contributed by atoms with E-state index in [4.69, 9.17) is 10.8 Å². The summed E-state index contributed by atoms with van der Waals surface area (Å²) >= 11 is 6.66. The molecule has 0 saturated heterocycles. The largest absolute Gasteiger partial charge is 0.480 e. The van der Waals surface area contributed by atoms with E-state index in [1.165, 1.54) is 0 Å². The third-order valence-corrected chi connectivity index (χ3v) is 3.00. The maximum absolute atomic E-state index is 10.5. The van der Waals surface area contributed by atoms with Gasteiger partial charge in [0.1, 0.15) is 6.04 Å². The van der Waals surface area contributed by atoms with Crippen LogP contribution in [0.5, 0.6) is 0 Å². The number of halogens is 2. The Morgan fingerprint density at radius 1 is 1.50 bits per heavy atom. The third kappa shape index (κ3) is 3.08. The highest BCUT2D eigenvalue weighted by Gasteiger charge is 2.13. The minimum absolute atomic E-state index is 0.323. The van der Waals surface area contributed by atoms with E-state index in [9.17, 15) is 4.79 Å². The highest BCUT2D eigenvalue weighted by Crippen LogP contribution is 2.22. The third-order valence-electron chi connectivity index (χ3n) is 1.77. The maximum Gasteiger partial charge on any atom is 0.320 e. The van der Waals surface area contributed by atoms with Gasteiger partial charge in [-0.2, -0.15) is 0 Å². The van der Waals surface area contributed by atoms with Crippen LogP contribution in [0.15, 0.2) is 27.1 Å². The Hall–Kier alpha value is -0.390. The quantitative estimate of drug-likeness (QED) is 0.896. The Bertz CT molecular complexity index is 355. The SMILES string of the molecule is N[C@@H](Cc1ccc(Br)cc1Br)C(=O)O. The van der Waals surface area contributed by atoms with Gasteiger partial charge < -0.3 is 10.8 Å². The van der Waals surface area contributed by atoms with Crippen LogP contribution in [0.1, 0.15) is 5.56 Å². The van der Waals surface area contributed by atoms with Gasteiger partial charge in [-0.25, -0.2) is 0 Å². The number of hydrogen-bond donors (Lipinski definition) is 2. The molecule has 0 fully saturated rings. The number of hydrogen-bond acceptors (Lipinski definition) is 2. The summed E-state index contributed by atoms with van der Waals surface area (Å²) in [5, 5.41) is 8.64. The van der Waals surface area contributed by atoms with Crippen LogP contribution in [-0.2, 0) is 11.2 Å². The van der Waals surface area contributed by atoms with Gasteiger partial charge in [0.05, 0.1) is 0 Å². The molecule has 0 spiro atoms. The topological polar surface area (TPSA) is 63.3 Å². The number of benzene rings is 1. The van der Waals surface area contributed by atoms with Gasteiger partial charge in [-0.15, -0.1) is 0 Å². The molecule has 0 aromatic heterocycles. The van der Waals surface area contributed by atoms with Crippen LogP contribution in [0.4, 0.5) is 0 Å². The summed E-state index contributed by atoms with van der Waals surface area (Å²) in [7, 11) is 0. The summed E-state index contributed by atoms with van der Waals surface area (Å²) < 4.78 is 1.81. The Labute approximate surface area is 98.6 Å². The predicted molar refractivity (Wildman–Crippen MR) is 61.2 cm³/mol. The first-order chi connectivity index (χ1) is 6.50. The second kappa shape index (κ2) is 4.91. The van der Waals surface area contributed by atoms with E-state index in [2.05, 4.69) is 31.9 Å². The van der Waals surface area contributed by atoms with E-state index in [-0.39, 0.29) is 0 Å². The van der Waals surface area contributed by atoms with Crippen molar-refractivity contribution in [3.8, 4) is 0 Å². The molecule has 0 radical (unpaired) electrons. The molecule has 3 nitrogen and oxygen atoms in total. The number of carbonyl (C=O) groups is 1. The number of carboxylic acid groups (broad SMARTS) is 1. The second-order valence-corrected chi connectivity index (χ2v) is 4.65. The molecule has 0 heterocycles. The van der Waals surface area contributed by atoms with Gasteiger partial charge in [-0.1, -0.05) is 37.9 Å². The van der Waals surface area contributed by atoms with E-state index < -0.39 is 12.0 Å². The average molecular weight is 323 g/mol. The number of rotatable bonds is 3. The second-order valence-electron chi connectivity index (χ2n) is 2.88. The molecule has 0 saturated carbocycles. The molecule has 0 aliphatic heterocycles. The lowest BCUT2D eigenvalue weighted by Crippen LogP contribution is -2.32.